The molecule has 0 aliphatic heterocycles. The predicted molar refractivity (Wildman–Crippen MR) is 203 cm³/mol. The first kappa shape index (κ1) is 30.1. The van der Waals surface area contributed by atoms with Gasteiger partial charge in [0.25, 0.3) is 0 Å². The van der Waals surface area contributed by atoms with Crippen LogP contribution in [0.4, 0.5) is 0 Å². The first-order chi connectivity index (χ1) is 23.1. The topological polar surface area (TPSA) is 64.4 Å². The van der Waals surface area contributed by atoms with Gasteiger partial charge in [0.1, 0.15) is 0 Å². The van der Waals surface area contributed by atoms with E-state index in [1.54, 1.807) is 0 Å². The minimum Gasteiger partial charge on any atom is -0.398 e. The zero-order valence-corrected chi connectivity index (χ0v) is 26.8. The van der Waals surface area contributed by atoms with Crippen LogP contribution in [0.5, 0.6) is 0 Å². The van der Waals surface area contributed by atoms with E-state index < -0.39 is 0 Å². The van der Waals surface area contributed by atoms with E-state index in [4.69, 9.17) is 11.5 Å². The number of aliphatic imine (C=N–C) groups is 1. The minimum absolute atomic E-state index is 0.294. The molecule has 6 aromatic carbocycles. The van der Waals surface area contributed by atoms with E-state index >= 15 is 0 Å². The molecule has 7 rings (SSSR count). The summed E-state index contributed by atoms with van der Waals surface area (Å²) in [6.45, 7) is 3.89. The molecule has 0 saturated carbocycles. The van der Waals surface area contributed by atoms with Crippen molar-refractivity contribution in [3.05, 3.63) is 180 Å². The number of nitrogens with zero attached hydrogens (tertiary/aromatic N) is 1. The van der Waals surface area contributed by atoms with Crippen molar-refractivity contribution in [3.8, 4) is 22.3 Å². The first-order valence-corrected chi connectivity index (χ1v) is 16.5. The normalized spacial score (nSPS) is 12.8. The molecular formula is C43H35N3S. The lowest BCUT2D eigenvalue weighted by molar-refractivity contribution is 0.911. The van der Waals surface area contributed by atoms with Gasteiger partial charge in [0.15, 0.2) is 0 Å². The smallest absolute Gasteiger partial charge is 0.0673 e. The Labute approximate surface area is 279 Å². The van der Waals surface area contributed by atoms with Gasteiger partial charge < -0.3 is 11.5 Å². The Morgan fingerprint density at radius 3 is 2.19 bits per heavy atom. The van der Waals surface area contributed by atoms with Crippen LogP contribution in [0.15, 0.2) is 163 Å². The summed E-state index contributed by atoms with van der Waals surface area (Å²) in [5, 5.41) is 2.52. The maximum Gasteiger partial charge on any atom is 0.0673 e. The van der Waals surface area contributed by atoms with Gasteiger partial charge in [-0.1, -0.05) is 133 Å². The lowest BCUT2D eigenvalue weighted by Crippen LogP contribution is -2.07. The maximum absolute atomic E-state index is 6.57. The van der Waals surface area contributed by atoms with Crippen LogP contribution in [0.1, 0.15) is 28.3 Å². The quantitative estimate of drug-likeness (QED) is 0.157. The zero-order valence-electron chi connectivity index (χ0n) is 26.0. The monoisotopic (exact) mass is 625 g/mol. The molecule has 0 amide bonds. The third-order valence-electron chi connectivity index (χ3n) is 8.61. The number of hydrogen-bond donors (Lipinski definition) is 2. The largest absolute Gasteiger partial charge is 0.398 e. The summed E-state index contributed by atoms with van der Waals surface area (Å²) in [6.07, 6.45) is 4.87. The molecule has 1 unspecified atom stereocenters. The highest BCUT2D eigenvalue weighted by Crippen LogP contribution is 2.45. The van der Waals surface area contributed by atoms with Gasteiger partial charge >= 0.3 is 0 Å². The van der Waals surface area contributed by atoms with Crippen molar-refractivity contribution >= 4 is 49.6 Å². The molecule has 0 saturated heterocycles. The molecule has 4 heteroatoms. The number of rotatable bonds is 9. The second-order valence-electron chi connectivity index (χ2n) is 11.6. The number of benzene rings is 6. The lowest BCUT2D eigenvalue weighted by Gasteiger charge is -2.15. The second kappa shape index (κ2) is 13.4. The Bertz CT molecular complexity index is 2240. The molecule has 4 N–H and O–H groups in total. The highest BCUT2D eigenvalue weighted by molar-refractivity contribution is 7.26. The number of fused-ring (bicyclic) bond motifs is 3. The van der Waals surface area contributed by atoms with Crippen LogP contribution in [0.2, 0.25) is 0 Å². The molecule has 7 aromatic rings. The van der Waals surface area contributed by atoms with Crippen molar-refractivity contribution in [1.82, 2.24) is 0 Å². The van der Waals surface area contributed by atoms with Crippen molar-refractivity contribution in [2.45, 2.75) is 12.5 Å². The van der Waals surface area contributed by atoms with Gasteiger partial charge in [-0.15, -0.1) is 11.3 Å². The van der Waals surface area contributed by atoms with Gasteiger partial charge in [-0.05, 0) is 76.4 Å². The molecule has 1 heterocycles. The molecule has 1 aromatic heterocycles. The Morgan fingerprint density at radius 1 is 0.702 bits per heavy atom. The summed E-state index contributed by atoms with van der Waals surface area (Å²) in [5.74, 6) is 0. The van der Waals surface area contributed by atoms with Gasteiger partial charge in [0.05, 0.1) is 11.7 Å². The van der Waals surface area contributed by atoms with E-state index in [1.807, 2.05) is 53.8 Å². The van der Waals surface area contributed by atoms with Crippen LogP contribution in [0, 0.1) is 0 Å². The predicted octanol–water partition coefficient (Wildman–Crippen LogP) is 10.7. The Hall–Kier alpha value is -5.55. The van der Waals surface area contributed by atoms with Crippen molar-refractivity contribution < 1.29 is 0 Å². The molecule has 0 bridgehead atoms. The van der Waals surface area contributed by atoms with Gasteiger partial charge in [-0.3, -0.25) is 4.99 Å². The zero-order chi connectivity index (χ0) is 32.2. The summed E-state index contributed by atoms with van der Waals surface area (Å²) in [7, 11) is 0. The van der Waals surface area contributed by atoms with Gasteiger partial charge in [-0.2, -0.15) is 0 Å². The summed E-state index contributed by atoms with van der Waals surface area (Å²) < 4.78 is 2.53. The lowest BCUT2D eigenvalue weighted by atomic mass is 9.89. The minimum atomic E-state index is -0.294. The van der Waals surface area contributed by atoms with Crippen molar-refractivity contribution in [1.29, 1.82) is 0 Å². The van der Waals surface area contributed by atoms with E-state index in [9.17, 15) is 0 Å². The summed E-state index contributed by atoms with van der Waals surface area (Å²) in [5.41, 5.74) is 23.5. The Kier molecular flexibility index (Phi) is 8.61. The maximum atomic E-state index is 6.57. The summed E-state index contributed by atoms with van der Waals surface area (Å²) in [6, 6.07) is 50.5. The van der Waals surface area contributed by atoms with E-state index in [2.05, 4.69) is 127 Å². The fraction of sp³-hybridized carbons (Fsp3) is 0.0465. The van der Waals surface area contributed by atoms with Gasteiger partial charge in [0.2, 0.25) is 0 Å². The molecule has 47 heavy (non-hydrogen) atoms. The standard InChI is InChI=1S/C43H35N3S/c1-46-39(28-38(45)30-13-6-3-7-14-30)34-16-10-15-33(27-34)35-24-26-41-43(36-17-8-9-18-40(36)47-41)42(35)32-22-20-31(21-23-32)37(44)25-19-29-11-4-2-5-12-29/h2-18,20-28,38H,1,19,44-45H2/b37-25-,39-28-. The van der Waals surface area contributed by atoms with Crippen molar-refractivity contribution in [2.24, 2.45) is 16.5 Å². The Morgan fingerprint density at radius 2 is 1.43 bits per heavy atom. The van der Waals surface area contributed by atoms with E-state index in [1.165, 1.54) is 31.3 Å². The van der Waals surface area contributed by atoms with Crippen LogP contribution in [-0.4, -0.2) is 6.72 Å². The second-order valence-corrected chi connectivity index (χ2v) is 12.7. The van der Waals surface area contributed by atoms with Crippen LogP contribution in [0.3, 0.4) is 0 Å². The van der Waals surface area contributed by atoms with Crippen molar-refractivity contribution in [3.63, 3.8) is 0 Å². The number of allylic oxidation sites excluding steroid dienone is 1. The molecule has 0 aliphatic carbocycles. The van der Waals surface area contributed by atoms with E-state index in [-0.39, 0.29) is 6.04 Å². The Balaban J connectivity index is 1.32. The molecular weight excluding hydrogens is 591 g/mol. The summed E-state index contributed by atoms with van der Waals surface area (Å²) in [4.78, 5) is 4.40. The number of hydrogen-bond acceptors (Lipinski definition) is 4. The molecule has 0 fully saturated rings. The molecule has 3 nitrogen and oxygen atoms in total. The summed E-state index contributed by atoms with van der Waals surface area (Å²) >= 11 is 1.83. The van der Waals surface area contributed by atoms with Crippen LogP contribution in [0.25, 0.3) is 53.8 Å². The van der Waals surface area contributed by atoms with Crippen molar-refractivity contribution in [2.75, 3.05) is 0 Å². The fourth-order valence-electron chi connectivity index (χ4n) is 6.17. The third kappa shape index (κ3) is 6.30. The molecule has 1 atom stereocenters. The van der Waals surface area contributed by atoms with E-state index in [0.717, 1.165) is 51.2 Å². The van der Waals surface area contributed by atoms with Crippen LogP contribution in [-0.2, 0) is 6.42 Å². The van der Waals surface area contributed by atoms with Gasteiger partial charge in [0, 0.05) is 31.4 Å². The average molecular weight is 626 g/mol. The van der Waals surface area contributed by atoms with E-state index in [0.29, 0.717) is 0 Å². The number of thiophene rings is 1. The molecule has 0 aliphatic rings. The number of nitrogens with two attached hydrogens (primary N) is 2. The van der Waals surface area contributed by atoms with Crippen LogP contribution < -0.4 is 11.5 Å². The highest BCUT2D eigenvalue weighted by atomic mass is 32.1. The third-order valence-corrected chi connectivity index (χ3v) is 9.75. The molecule has 0 radical (unpaired) electrons. The SMILES string of the molecule is C=N/C(=C\C(N)c1ccccc1)c1cccc(-c2ccc3sc4ccccc4c3c2-c2ccc(/C(N)=C/Cc3ccccc3)cc2)c1. The average Bonchev–Trinajstić information content (AvgIpc) is 3.52. The first-order valence-electron chi connectivity index (χ1n) is 15.7. The fourth-order valence-corrected chi connectivity index (χ4v) is 7.29. The highest BCUT2D eigenvalue weighted by Gasteiger charge is 2.17. The molecule has 0 spiro atoms. The van der Waals surface area contributed by atoms with Gasteiger partial charge in [-0.25, -0.2) is 0 Å². The molecule has 228 valence electrons. The van der Waals surface area contributed by atoms with Crippen LogP contribution >= 0.6 is 11.3 Å².